The van der Waals surface area contributed by atoms with Gasteiger partial charge in [-0.2, -0.15) is 0 Å². The minimum absolute atomic E-state index is 0.00244. The second kappa shape index (κ2) is 3.74. The predicted octanol–water partition coefficient (Wildman–Crippen LogP) is 3.11. The van der Waals surface area contributed by atoms with Gasteiger partial charge in [-0.15, -0.1) is 0 Å². The van der Waals surface area contributed by atoms with E-state index in [1.54, 1.807) is 10.9 Å². The van der Waals surface area contributed by atoms with Gasteiger partial charge >= 0.3 is 0 Å². The van der Waals surface area contributed by atoms with Crippen LogP contribution in [0.15, 0.2) is 30.6 Å². The molecule has 0 fully saturated rings. The summed E-state index contributed by atoms with van der Waals surface area (Å²) in [5, 5.41) is 0. The van der Waals surface area contributed by atoms with E-state index in [4.69, 9.17) is 0 Å². The molecule has 3 nitrogen and oxygen atoms in total. The van der Waals surface area contributed by atoms with E-state index < -0.39 is 0 Å². The maximum Gasteiger partial charge on any atom is 0.232 e. The summed E-state index contributed by atoms with van der Waals surface area (Å²) in [6.07, 6.45) is 2.13. The molecule has 0 atom stereocenters. The number of carbonyl (C=O) groups is 1. The SMILES string of the molecule is CC(C)(C)CC(=O)n1cnc2ccccc21. The minimum Gasteiger partial charge on any atom is -0.274 e. The number of nitrogens with zero attached hydrogens (tertiary/aromatic N) is 2. The Morgan fingerprint density at radius 2 is 2.00 bits per heavy atom. The van der Waals surface area contributed by atoms with Crippen LogP contribution in [0.5, 0.6) is 0 Å². The number of rotatable bonds is 1. The van der Waals surface area contributed by atoms with Crippen LogP contribution in [0.3, 0.4) is 0 Å². The zero-order valence-corrected chi connectivity index (χ0v) is 9.90. The molecule has 0 aliphatic heterocycles. The summed E-state index contributed by atoms with van der Waals surface area (Å²) in [4.78, 5) is 16.3. The van der Waals surface area contributed by atoms with Gasteiger partial charge in [0.05, 0.1) is 11.0 Å². The standard InChI is InChI=1S/C13H16N2O/c1-13(2,3)8-12(16)15-9-14-10-6-4-5-7-11(10)15/h4-7,9H,8H2,1-3H3. The largest absolute Gasteiger partial charge is 0.274 e. The highest BCUT2D eigenvalue weighted by atomic mass is 16.2. The Morgan fingerprint density at radius 1 is 1.31 bits per heavy atom. The van der Waals surface area contributed by atoms with E-state index >= 15 is 0 Å². The second-order valence-electron chi connectivity index (χ2n) is 5.23. The van der Waals surface area contributed by atoms with Crippen LogP contribution in [-0.4, -0.2) is 15.5 Å². The van der Waals surface area contributed by atoms with Crippen LogP contribution in [0.1, 0.15) is 32.0 Å². The molecule has 0 saturated heterocycles. The van der Waals surface area contributed by atoms with Gasteiger partial charge in [0.2, 0.25) is 5.91 Å². The highest BCUT2D eigenvalue weighted by Gasteiger charge is 2.18. The number of imidazole rings is 1. The lowest BCUT2D eigenvalue weighted by Gasteiger charge is -2.16. The van der Waals surface area contributed by atoms with Crippen LogP contribution >= 0.6 is 0 Å². The summed E-state index contributed by atoms with van der Waals surface area (Å²) in [5.41, 5.74) is 1.75. The van der Waals surface area contributed by atoms with Gasteiger partial charge in [-0.25, -0.2) is 4.98 Å². The Labute approximate surface area is 95.1 Å². The van der Waals surface area contributed by atoms with Gasteiger partial charge in [-0.1, -0.05) is 32.9 Å². The predicted molar refractivity (Wildman–Crippen MR) is 64.4 cm³/mol. The number of benzene rings is 1. The monoisotopic (exact) mass is 216 g/mol. The third-order valence-corrected chi connectivity index (χ3v) is 2.40. The van der Waals surface area contributed by atoms with Crippen LogP contribution in [-0.2, 0) is 0 Å². The smallest absolute Gasteiger partial charge is 0.232 e. The summed E-state index contributed by atoms with van der Waals surface area (Å²) < 4.78 is 1.64. The number of carbonyl (C=O) groups excluding carboxylic acids is 1. The van der Waals surface area contributed by atoms with Crippen molar-refractivity contribution in [3.8, 4) is 0 Å². The molecule has 0 aliphatic carbocycles. The first-order chi connectivity index (χ1) is 7.47. The topological polar surface area (TPSA) is 34.9 Å². The highest BCUT2D eigenvalue weighted by molar-refractivity contribution is 5.90. The number of fused-ring (bicyclic) bond motifs is 1. The lowest BCUT2D eigenvalue weighted by molar-refractivity contribution is 0.0861. The molecule has 3 heteroatoms. The van der Waals surface area contributed by atoms with Crippen molar-refractivity contribution in [3.05, 3.63) is 30.6 Å². The van der Waals surface area contributed by atoms with Gasteiger partial charge in [-0.05, 0) is 17.5 Å². The zero-order valence-electron chi connectivity index (χ0n) is 9.90. The quantitative estimate of drug-likeness (QED) is 0.734. The fourth-order valence-electron chi connectivity index (χ4n) is 1.70. The van der Waals surface area contributed by atoms with E-state index in [0.29, 0.717) is 6.42 Å². The van der Waals surface area contributed by atoms with Gasteiger partial charge in [0.15, 0.2) is 0 Å². The van der Waals surface area contributed by atoms with Crippen molar-refractivity contribution in [2.75, 3.05) is 0 Å². The molecule has 0 N–H and O–H groups in total. The molecule has 0 aliphatic rings. The van der Waals surface area contributed by atoms with Crippen molar-refractivity contribution in [2.45, 2.75) is 27.2 Å². The number of aromatic nitrogens is 2. The van der Waals surface area contributed by atoms with E-state index in [0.717, 1.165) is 11.0 Å². The summed E-state index contributed by atoms with van der Waals surface area (Å²) >= 11 is 0. The second-order valence-corrected chi connectivity index (χ2v) is 5.23. The molecule has 1 heterocycles. The normalized spacial score (nSPS) is 11.9. The minimum atomic E-state index is 0.00244. The fourth-order valence-corrected chi connectivity index (χ4v) is 1.70. The van der Waals surface area contributed by atoms with Crippen molar-refractivity contribution < 1.29 is 4.79 Å². The fraction of sp³-hybridized carbons (Fsp3) is 0.385. The molecule has 1 aromatic carbocycles. The van der Waals surface area contributed by atoms with Crippen molar-refractivity contribution in [1.82, 2.24) is 9.55 Å². The highest BCUT2D eigenvalue weighted by Crippen LogP contribution is 2.21. The molecular formula is C13H16N2O. The molecule has 84 valence electrons. The first-order valence-corrected chi connectivity index (χ1v) is 5.43. The lowest BCUT2D eigenvalue weighted by Crippen LogP contribution is -2.18. The molecule has 0 spiro atoms. The van der Waals surface area contributed by atoms with Gasteiger partial charge < -0.3 is 0 Å². The third-order valence-electron chi connectivity index (χ3n) is 2.40. The molecule has 0 unspecified atom stereocenters. The van der Waals surface area contributed by atoms with E-state index in [1.807, 2.05) is 24.3 Å². The zero-order chi connectivity index (χ0) is 11.8. The van der Waals surface area contributed by atoms with E-state index in [-0.39, 0.29) is 11.3 Å². The van der Waals surface area contributed by atoms with Crippen LogP contribution in [0.2, 0.25) is 0 Å². The molecule has 0 amide bonds. The summed E-state index contributed by atoms with van der Waals surface area (Å²) in [5.74, 6) is 0.0983. The summed E-state index contributed by atoms with van der Waals surface area (Å²) in [7, 11) is 0. The van der Waals surface area contributed by atoms with Gasteiger partial charge in [0.1, 0.15) is 6.33 Å². The maximum atomic E-state index is 12.1. The third kappa shape index (κ3) is 2.13. The van der Waals surface area contributed by atoms with Crippen molar-refractivity contribution in [2.24, 2.45) is 5.41 Å². The molecule has 0 saturated carbocycles. The average Bonchev–Trinajstić information content (AvgIpc) is 2.58. The Kier molecular flexibility index (Phi) is 2.54. The van der Waals surface area contributed by atoms with Crippen molar-refractivity contribution in [3.63, 3.8) is 0 Å². The van der Waals surface area contributed by atoms with Crippen LogP contribution in [0, 0.1) is 5.41 Å². The number of hydrogen-bond donors (Lipinski definition) is 0. The molecule has 0 bridgehead atoms. The van der Waals surface area contributed by atoms with E-state index in [1.165, 1.54) is 0 Å². The summed E-state index contributed by atoms with van der Waals surface area (Å²) in [6.45, 7) is 6.18. The van der Waals surface area contributed by atoms with Gasteiger partial charge in [0, 0.05) is 6.42 Å². The van der Waals surface area contributed by atoms with Crippen LogP contribution in [0.4, 0.5) is 0 Å². The van der Waals surface area contributed by atoms with Crippen LogP contribution < -0.4 is 0 Å². The molecule has 0 radical (unpaired) electrons. The van der Waals surface area contributed by atoms with Crippen LogP contribution in [0.25, 0.3) is 11.0 Å². The maximum absolute atomic E-state index is 12.1. The molecule has 1 aromatic heterocycles. The summed E-state index contributed by atoms with van der Waals surface area (Å²) in [6, 6.07) is 7.68. The van der Waals surface area contributed by atoms with Gasteiger partial charge in [0.25, 0.3) is 0 Å². The molecule has 2 aromatic rings. The lowest BCUT2D eigenvalue weighted by atomic mass is 9.92. The average molecular weight is 216 g/mol. The van der Waals surface area contributed by atoms with Crippen molar-refractivity contribution >= 4 is 16.9 Å². The molecule has 2 rings (SSSR count). The molecule has 16 heavy (non-hydrogen) atoms. The number of para-hydroxylation sites is 2. The van der Waals surface area contributed by atoms with Gasteiger partial charge in [-0.3, -0.25) is 9.36 Å². The van der Waals surface area contributed by atoms with Crippen molar-refractivity contribution in [1.29, 1.82) is 0 Å². The van der Waals surface area contributed by atoms with E-state index in [9.17, 15) is 4.79 Å². The Hall–Kier alpha value is -1.64. The first kappa shape index (κ1) is 10.9. The number of hydrogen-bond acceptors (Lipinski definition) is 2. The Morgan fingerprint density at radius 3 is 2.69 bits per heavy atom. The Bertz CT molecular complexity index is 520. The first-order valence-electron chi connectivity index (χ1n) is 5.43. The molecular weight excluding hydrogens is 200 g/mol. The Balaban J connectivity index is 2.37. The van der Waals surface area contributed by atoms with E-state index in [2.05, 4.69) is 25.8 Å².